The average molecular weight is 300 g/mol. The zero-order valence-electron chi connectivity index (χ0n) is 10.2. The number of benzene rings is 1. The van der Waals surface area contributed by atoms with E-state index in [0.717, 1.165) is 11.0 Å². The van der Waals surface area contributed by atoms with E-state index in [9.17, 15) is 13.2 Å². The standard InChI is InChI=1S/C13H14ClNO3S/c14-8-13(16)15(9-11-4-2-1-3-5-11)12-6-7-19(17,18)10-12/h1-7,12H,8-10H2/t12-/m1/s1. The number of alkyl halides is 1. The van der Waals surface area contributed by atoms with E-state index >= 15 is 0 Å². The molecule has 0 N–H and O–H groups in total. The molecule has 2 rings (SSSR count). The number of carbonyl (C=O) groups excluding carboxylic acids is 1. The van der Waals surface area contributed by atoms with Crippen LogP contribution in [0.5, 0.6) is 0 Å². The number of amides is 1. The van der Waals surface area contributed by atoms with E-state index in [-0.39, 0.29) is 17.5 Å². The Kier molecular flexibility index (Phi) is 4.27. The molecule has 19 heavy (non-hydrogen) atoms. The molecule has 0 aromatic heterocycles. The fourth-order valence-corrected chi connectivity index (χ4v) is 3.45. The summed E-state index contributed by atoms with van der Waals surface area (Å²) in [4.78, 5) is 13.4. The van der Waals surface area contributed by atoms with Gasteiger partial charge in [-0.05, 0) is 11.6 Å². The molecule has 1 amide bonds. The van der Waals surface area contributed by atoms with Crippen LogP contribution >= 0.6 is 11.6 Å². The zero-order valence-corrected chi connectivity index (χ0v) is 11.8. The lowest BCUT2D eigenvalue weighted by atomic mass is 10.2. The molecule has 1 aliphatic rings. The van der Waals surface area contributed by atoms with E-state index in [4.69, 9.17) is 11.6 Å². The smallest absolute Gasteiger partial charge is 0.238 e. The Hall–Kier alpha value is -1.33. The van der Waals surface area contributed by atoms with Crippen LogP contribution in [-0.2, 0) is 21.2 Å². The molecule has 1 heterocycles. The van der Waals surface area contributed by atoms with Crippen molar-refractivity contribution in [2.75, 3.05) is 11.6 Å². The number of nitrogens with zero attached hydrogens (tertiary/aromatic N) is 1. The summed E-state index contributed by atoms with van der Waals surface area (Å²) in [5, 5.41) is 1.16. The van der Waals surface area contributed by atoms with Gasteiger partial charge < -0.3 is 4.90 Å². The highest BCUT2D eigenvalue weighted by molar-refractivity contribution is 7.94. The van der Waals surface area contributed by atoms with Crippen molar-refractivity contribution < 1.29 is 13.2 Å². The predicted octanol–water partition coefficient (Wildman–Crippen LogP) is 1.56. The van der Waals surface area contributed by atoms with Crippen molar-refractivity contribution in [3.8, 4) is 0 Å². The molecule has 1 aliphatic heterocycles. The molecule has 0 saturated carbocycles. The molecule has 0 spiro atoms. The first-order valence-electron chi connectivity index (χ1n) is 5.82. The van der Waals surface area contributed by atoms with Crippen molar-refractivity contribution in [2.24, 2.45) is 0 Å². The van der Waals surface area contributed by atoms with Crippen LogP contribution in [0.15, 0.2) is 41.8 Å². The monoisotopic (exact) mass is 299 g/mol. The first-order valence-corrected chi connectivity index (χ1v) is 8.07. The molecular formula is C13H14ClNO3S. The topological polar surface area (TPSA) is 54.5 Å². The molecule has 102 valence electrons. The number of carbonyl (C=O) groups is 1. The van der Waals surface area contributed by atoms with Gasteiger partial charge in [0.15, 0.2) is 9.84 Å². The quantitative estimate of drug-likeness (QED) is 0.793. The van der Waals surface area contributed by atoms with Crippen LogP contribution < -0.4 is 0 Å². The molecule has 0 aliphatic carbocycles. The number of sulfone groups is 1. The molecule has 1 atom stereocenters. The minimum absolute atomic E-state index is 0.0670. The van der Waals surface area contributed by atoms with Gasteiger partial charge in [-0.2, -0.15) is 0 Å². The van der Waals surface area contributed by atoms with Gasteiger partial charge in [0.25, 0.3) is 0 Å². The summed E-state index contributed by atoms with van der Waals surface area (Å²) in [6.45, 7) is 0.358. The van der Waals surface area contributed by atoms with Crippen molar-refractivity contribution >= 4 is 27.3 Å². The summed E-state index contributed by atoms with van der Waals surface area (Å²) in [5.74, 6) is -0.489. The van der Waals surface area contributed by atoms with Gasteiger partial charge in [-0.15, -0.1) is 11.6 Å². The Labute approximate surface area is 117 Å². The van der Waals surface area contributed by atoms with E-state index in [1.165, 1.54) is 4.90 Å². The minimum Gasteiger partial charge on any atom is -0.330 e. The number of halogens is 1. The maximum absolute atomic E-state index is 11.9. The van der Waals surface area contributed by atoms with E-state index < -0.39 is 15.9 Å². The Morgan fingerprint density at radius 3 is 2.53 bits per heavy atom. The molecular weight excluding hydrogens is 286 g/mol. The van der Waals surface area contributed by atoms with Crippen molar-refractivity contribution in [3.05, 3.63) is 47.4 Å². The second kappa shape index (κ2) is 5.75. The lowest BCUT2D eigenvalue weighted by Crippen LogP contribution is -2.41. The highest BCUT2D eigenvalue weighted by atomic mass is 35.5. The highest BCUT2D eigenvalue weighted by Crippen LogP contribution is 2.18. The van der Waals surface area contributed by atoms with Crippen LogP contribution in [0, 0.1) is 0 Å². The predicted molar refractivity (Wildman–Crippen MR) is 74.4 cm³/mol. The second-order valence-corrected chi connectivity index (χ2v) is 6.56. The third-order valence-corrected chi connectivity index (χ3v) is 4.55. The maximum atomic E-state index is 11.9. The Morgan fingerprint density at radius 1 is 1.32 bits per heavy atom. The van der Waals surface area contributed by atoms with Crippen LogP contribution in [-0.4, -0.2) is 36.9 Å². The summed E-state index contributed by atoms with van der Waals surface area (Å²) in [7, 11) is -3.19. The largest absolute Gasteiger partial charge is 0.330 e. The van der Waals surface area contributed by atoms with Crippen molar-refractivity contribution in [1.29, 1.82) is 0 Å². The molecule has 0 unspecified atom stereocenters. The summed E-state index contributed by atoms with van der Waals surface area (Å²) < 4.78 is 22.9. The maximum Gasteiger partial charge on any atom is 0.238 e. The van der Waals surface area contributed by atoms with Gasteiger partial charge in [0.05, 0.1) is 11.8 Å². The number of hydrogen-bond acceptors (Lipinski definition) is 3. The summed E-state index contributed by atoms with van der Waals surface area (Å²) in [6.07, 6.45) is 1.54. The lowest BCUT2D eigenvalue weighted by molar-refractivity contribution is -0.130. The third-order valence-electron chi connectivity index (χ3n) is 2.94. The third kappa shape index (κ3) is 3.58. The van der Waals surface area contributed by atoms with Gasteiger partial charge in [0, 0.05) is 12.0 Å². The Bertz CT molecular complexity index is 583. The lowest BCUT2D eigenvalue weighted by Gasteiger charge is -2.27. The molecule has 0 radical (unpaired) electrons. The average Bonchev–Trinajstić information content (AvgIpc) is 2.76. The molecule has 0 saturated heterocycles. The molecule has 1 aromatic carbocycles. The van der Waals surface area contributed by atoms with Gasteiger partial charge >= 0.3 is 0 Å². The summed E-state index contributed by atoms with van der Waals surface area (Å²) >= 11 is 5.60. The van der Waals surface area contributed by atoms with Crippen LogP contribution in [0.2, 0.25) is 0 Å². The molecule has 6 heteroatoms. The van der Waals surface area contributed by atoms with Crippen LogP contribution in [0.1, 0.15) is 5.56 Å². The number of rotatable bonds is 4. The highest BCUT2D eigenvalue weighted by Gasteiger charge is 2.29. The first kappa shape index (κ1) is 14.1. The fraction of sp³-hybridized carbons (Fsp3) is 0.308. The Morgan fingerprint density at radius 2 is 2.00 bits per heavy atom. The Balaban J connectivity index is 2.18. The van der Waals surface area contributed by atoms with Gasteiger partial charge in [-0.1, -0.05) is 30.3 Å². The van der Waals surface area contributed by atoms with Gasteiger partial charge in [0.2, 0.25) is 5.91 Å². The van der Waals surface area contributed by atoms with Crippen LogP contribution in [0.4, 0.5) is 0 Å². The molecule has 0 fully saturated rings. The molecule has 1 aromatic rings. The van der Waals surface area contributed by atoms with Gasteiger partial charge in [-0.3, -0.25) is 4.79 Å². The first-order chi connectivity index (χ1) is 9.02. The minimum atomic E-state index is -3.19. The van der Waals surface area contributed by atoms with E-state index in [1.807, 2.05) is 30.3 Å². The molecule has 0 bridgehead atoms. The van der Waals surface area contributed by atoms with E-state index in [2.05, 4.69) is 0 Å². The summed E-state index contributed by atoms with van der Waals surface area (Å²) in [5.41, 5.74) is 0.943. The second-order valence-electron chi connectivity index (χ2n) is 4.37. The van der Waals surface area contributed by atoms with Crippen molar-refractivity contribution in [2.45, 2.75) is 12.6 Å². The zero-order chi connectivity index (χ0) is 13.9. The normalized spacial score (nSPS) is 20.4. The molecule has 4 nitrogen and oxygen atoms in total. The van der Waals surface area contributed by atoms with Gasteiger partial charge in [0.1, 0.15) is 5.88 Å². The summed E-state index contributed by atoms with van der Waals surface area (Å²) in [6, 6.07) is 8.98. The van der Waals surface area contributed by atoms with E-state index in [0.29, 0.717) is 6.54 Å². The van der Waals surface area contributed by atoms with Crippen molar-refractivity contribution in [1.82, 2.24) is 4.90 Å². The van der Waals surface area contributed by atoms with E-state index in [1.54, 1.807) is 6.08 Å². The SMILES string of the molecule is O=C(CCl)N(Cc1ccccc1)[C@@H]1C=CS(=O)(=O)C1. The number of hydrogen-bond donors (Lipinski definition) is 0. The van der Waals surface area contributed by atoms with Crippen molar-refractivity contribution in [3.63, 3.8) is 0 Å². The van der Waals surface area contributed by atoms with Crippen LogP contribution in [0.25, 0.3) is 0 Å². The van der Waals surface area contributed by atoms with Crippen LogP contribution in [0.3, 0.4) is 0 Å². The fourth-order valence-electron chi connectivity index (χ4n) is 2.00. The van der Waals surface area contributed by atoms with Gasteiger partial charge in [-0.25, -0.2) is 8.42 Å².